The minimum atomic E-state index is 0.0651. The SMILES string of the molecule is CC(C)(C)c1cccc2c1oc1ccc(-c3ccccc3)cc12. The molecule has 1 heteroatoms. The molecule has 0 saturated carbocycles. The number of fused-ring (bicyclic) bond motifs is 3. The van der Waals surface area contributed by atoms with Crippen molar-refractivity contribution in [2.75, 3.05) is 0 Å². The lowest BCUT2D eigenvalue weighted by Crippen LogP contribution is -2.10. The summed E-state index contributed by atoms with van der Waals surface area (Å²) in [5.74, 6) is 0. The molecule has 0 bridgehead atoms. The highest BCUT2D eigenvalue weighted by atomic mass is 16.3. The van der Waals surface area contributed by atoms with Crippen molar-refractivity contribution in [3.8, 4) is 11.1 Å². The fourth-order valence-electron chi connectivity index (χ4n) is 3.20. The van der Waals surface area contributed by atoms with E-state index in [1.54, 1.807) is 0 Å². The average molecular weight is 300 g/mol. The lowest BCUT2D eigenvalue weighted by molar-refractivity contribution is 0.573. The number of benzene rings is 3. The highest BCUT2D eigenvalue weighted by Crippen LogP contribution is 2.37. The van der Waals surface area contributed by atoms with Crippen LogP contribution in [-0.2, 0) is 5.41 Å². The predicted molar refractivity (Wildman–Crippen MR) is 97.9 cm³/mol. The molecule has 0 atom stereocenters. The summed E-state index contributed by atoms with van der Waals surface area (Å²) in [6, 6.07) is 23.4. The second kappa shape index (κ2) is 4.99. The first kappa shape index (κ1) is 14.1. The highest BCUT2D eigenvalue weighted by Gasteiger charge is 2.20. The van der Waals surface area contributed by atoms with E-state index in [1.165, 1.54) is 27.5 Å². The van der Waals surface area contributed by atoms with E-state index in [0.717, 1.165) is 11.2 Å². The molecular formula is C22H20O. The van der Waals surface area contributed by atoms with Gasteiger partial charge in [-0.1, -0.05) is 75.4 Å². The lowest BCUT2D eigenvalue weighted by atomic mass is 9.86. The van der Waals surface area contributed by atoms with Gasteiger partial charge in [-0.2, -0.15) is 0 Å². The summed E-state index contributed by atoms with van der Waals surface area (Å²) >= 11 is 0. The zero-order chi connectivity index (χ0) is 16.0. The Hall–Kier alpha value is -2.54. The van der Waals surface area contributed by atoms with E-state index < -0.39 is 0 Å². The highest BCUT2D eigenvalue weighted by molar-refractivity contribution is 6.07. The van der Waals surface area contributed by atoms with Gasteiger partial charge in [-0.3, -0.25) is 0 Å². The quantitative estimate of drug-likeness (QED) is 0.388. The van der Waals surface area contributed by atoms with E-state index in [4.69, 9.17) is 4.42 Å². The number of hydrogen-bond donors (Lipinski definition) is 0. The molecule has 0 spiro atoms. The largest absolute Gasteiger partial charge is 0.456 e. The third-order valence-corrected chi connectivity index (χ3v) is 4.41. The van der Waals surface area contributed by atoms with Gasteiger partial charge in [-0.15, -0.1) is 0 Å². The van der Waals surface area contributed by atoms with Gasteiger partial charge in [0, 0.05) is 16.3 Å². The van der Waals surface area contributed by atoms with Crippen LogP contribution in [-0.4, -0.2) is 0 Å². The number of hydrogen-bond acceptors (Lipinski definition) is 1. The zero-order valence-electron chi connectivity index (χ0n) is 13.8. The van der Waals surface area contributed by atoms with E-state index in [2.05, 4.69) is 81.4 Å². The van der Waals surface area contributed by atoms with E-state index in [9.17, 15) is 0 Å². The molecule has 0 aliphatic rings. The Morgan fingerprint density at radius 3 is 2.22 bits per heavy atom. The van der Waals surface area contributed by atoms with Gasteiger partial charge in [0.2, 0.25) is 0 Å². The molecule has 0 amide bonds. The number of para-hydroxylation sites is 1. The van der Waals surface area contributed by atoms with Crippen molar-refractivity contribution < 1.29 is 4.42 Å². The number of rotatable bonds is 1. The Morgan fingerprint density at radius 2 is 1.48 bits per heavy atom. The first-order valence-corrected chi connectivity index (χ1v) is 8.05. The maximum Gasteiger partial charge on any atom is 0.139 e. The van der Waals surface area contributed by atoms with Gasteiger partial charge in [0.25, 0.3) is 0 Å². The summed E-state index contributed by atoms with van der Waals surface area (Å²) in [6.07, 6.45) is 0. The smallest absolute Gasteiger partial charge is 0.139 e. The lowest BCUT2D eigenvalue weighted by Gasteiger charge is -2.18. The molecule has 4 rings (SSSR count). The molecule has 0 aliphatic heterocycles. The normalized spacial score (nSPS) is 12.1. The Balaban J connectivity index is 2.01. The van der Waals surface area contributed by atoms with Crippen LogP contribution in [0.5, 0.6) is 0 Å². The third kappa shape index (κ3) is 2.33. The van der Waals surface area contributed by atoms with Gasteiger partial charge in [0.15, 0.2) is 0 Å². The van der Waals surface area contributed by atoms with Crippen LogP contribution in [0.25, 0.3) is 33.1 Å². The van der Waals surface area contributed by atoms with Crippen LogP contribution in [0.15, 0.2) is 71.1 Å². The van der Waals surface area contributed by atoms with Gasteiger partial charge in [-0.05, 0) is 28.7 Å². The maximum absolute atomic E-state index is 6.20. The van der Waals surface area contributed by atoms with Crippen molar-refractivity contribution in [2.45, 2.75) is 26.2 Å². The summed E-state index contributed by atoms with van der Waals surface area (Å²) in [5, 5.41) is 2.39. The van der Waals surface area contributed by atoms with Crippen LogP contribution >= 0.6 is 0 Å². The molecule has 0 aliphatic carbocycles. The van der Waals surface area contributed by atoms with E-state index in [0.29, 0.717) is 0 Å². The van der Waals surface area contributed by atoms with Crippen LogP contribution < -0.4 is 0 Å². The Kier molecular flexibility index (Phi) is 3.05. The van der Waals surface area contributed by atoms with Crippen LogP contribution in [0.3, 0.4) is 0 Å². The summed E-state index contributed by atoms with van der Waals surface area (Å²) in [6.45, 7) is 6.68. The topological polar surface area (TPSA) is 13.1 Å². The molecule has 114 valence electrons. The van der Waals surface area contributed by atoms with Gasteiger partial charge >= 0.3 is 0 Å². The van der Waals surface area contributed by atoms with Gasteiger partial charge in [0.1, 0.15) is 11.2 Å². The standard InChI is InChI=1S/C22H20O/c1-22(2,3)19-11-7-10-17-18-14-16(15-8-5-4-6-9-15)12-13-20(18)23-21(17)19/h4-14H,1-3H3. The van der Waals surface area contributed by atoms with Gasteiger partial charge in [0.05, 0.1) is 0 Å². The Morgan fingerprint density at radius 1 is 0.696 bits per heavy atom. The molecule has 1 aromatic heterocycles. The fourth-order valence-corrected chi connectivity index (χ4v) is 3.20. The van der Waals surface area contributed by atoms with Crippen molar-refractivity contribution in [3.05, 3.63) is 72.3 Å². The molecular weight excluding hydrogens is 280 g/mol. The second-order valence-corrected chi connectivity index (χ2v) is 7.11. The van der Waals surface area contributed by atoms with E-state index >= 15 is 0 Å². The maximum atomic E-state index is 6.20. The monoisotopic (exact) mass is 300 g/mol. The van der Waals surface area contributed by atoms with Crippen molar-refractivity contribution in [1.29, 1.82) is 0 Å². The molecule has 0 radical (unpaired) electrons. The van der Waals surface area contributed by atoms with Crippen molar-refractivity contribution in [3.63, 3.8) is 0 Å². The molecule has 23 heavy (non-hydrogen) atoms. The van der Waals surface area contributed by atoms with Gasteiger partial charge in [-0.25, -0.2) is 0 Å². The summed E-state index contributed by atoms with van der Waals surface area (Å²) < 4.78 is 6.20. The van der Waals surface area contributed by atoms with Crippen LogP contribution in [0.1, 0.15) is 26.3 Å². The minimum absolute atomic E-state index is 0.0651. The van der Waals surface area contributed by atoms with Crippen molar-refractivity contribution in [2.24, 2.45) is 0 Å². The van der Waals surface area contributed by atoms with Crippen LogP contribution in [0, 0.1) is 0 Å². The van der Waals surface area contributed by atoms with Crippen molar-refractivity contribution >= 4 is 21.9 Å². The molecule has 0 fully saturated rings. The second-order valence-electron chi connectivity index (χ2n) is 7.11. The van der Waals surface area contributed by atoms with Crippen LogP contribution in [0.2, 0.25) is 0 Å². The molecule has 0 unspecified atom stereocenters. The predicted octanol–water partition coefficient (Wildman–Crippen LogP) is 6.55. The number of furan rings is 1. The molecule has 0 N–H and O–H groups in total. The Bertz CT molecular complexity index is 985. The molecule has 0 saturated heterocycles. The Labute approximate surface area is 136 Å². The van der Waals surface area contributed by atoms with E-state index in [1.807, 2.05) is 6.07 Å². The minimum Gasteiger partial charge on any atom is -0.456 e. The molecule has 3 aromatic carbocycles. The van der Waals surface area contributed by atoms with E-state index in [-0.39, 0.29) is 5.41 Å². The summed E-state index contributed by atoms with van der Waals surface area (Å²) in [5.41, 5.74) is 5.75. The fraction of sp³-hybridized carbons (Fsp3) is 0.182. The average Bonchev–Trinajstić information content (AvgIpc) is 2.92. The zero-order valence-corrected chi connectivity index (χ0v) is 13.8. The van der Waals surface area contributed by atoms with Gasteiger partial charge < -0.3 is 4.42 Å². The van der Waals surface area contributed by atoms with Crippen LogP contribution in [0.4, 0.5) is 0 Å². The third-order valence-electron chi connectivity index (χ3n) is 4.41. The first-order valence-electron chi connectivity index (χ1n) is 8.05. The summed E-state index contributed by atoms with van der Waals surface area (Å²) in [4.78, 5) is 0. The molecule has 4 aromatic rings. The first-order chi connectivity index (χ1) is 11.0. The molecule has 1 nitrogen and oxygen atoms in total. The molecule has 1 heterocycles. The van der Waals surface area contributed by atoms with Crippen molar-refractivity contribution in [1.82, 2.24) is 0 Å². The summed E-state index contributed by atoms with van der Waals surface area (Å²) in [7, 11) is 0.